The van der Waals surface area contributed by atoms with Gasteiger partial charge in [0.05, 0.1) is 22.8 Å². The zero-order valence-corrected chi connectivity index (χ0v) is 19.9. The van der Waals surface area contributed by atoms with Crippen molar-refractivity contribution in [1.82, 2.24) is 4.90 Å². The Labute approximate surface area is 203 Å². The number of ether oxygens (including phenoxy) is 1. The van der Waals surface area contributed by atoms with E-state index < -0.39 is 0 Å². The molecule has 8 heteroatoms. The highest BCUT2D eigenvalue weighted by Gasteiger charge is 2.11. The number of para-hydroxylation sites is 2. The van der Waals surface area contributed by atoms with Crippen molar-refractivity contribution in [3.63, 3.8) is 0 Å². The van der Waals surface area contributed by atoms with Crippen LogP contribution in [0, 0.1) is 0 Å². The molecule has 0 bridgehead atoms. The molecule has 0 aliphatic rings. The van der Waals surface area contributed by atoms with Crippen molar-refractivity contribution in [3.05, 3.63) is 87.9 Å². The molecular formula is C25H25Cl2N3O3. The third kappa shape index (κ3) is 6.96. The van der Waals surface area contributed by atoms with Crippen LogP contribution in [0.1, 0.15) is 22.3 Å². The predicted molar refractivity (Wildman–Crippen MR) is 133 cm³/mol. The van der Waals surface area contributed by atoms with Crippen molar-refractivity contribution in [2.45, 2.75) is 13.0 Å². The van der Waals surface area contributed by atoms with Crippen molar-refractivity contribution in [3.8, 4) is 5.75 Å². The van der Waals surface area contributed by atoms with Crippen LogP contribution in [0.25, 0.3) is 0 Å². The standard InChI is InChI=1S/C25H25Cl2N3O3/c1-30(16-18-6-5-7-20(26)24(18)27)15-14-23(31)28-19-12-10-17(11-13-19)25(32)29-21-8-3-4-9-22(21)33-2/h3-13H,14-16H2,1-2H3,(H,28,31)(H,29,32). The maximum absolute atomic E-state index is 12.5. The highest BCUT2D eigenvalue weighted by atomic mass is 35.5. The molecule has 0 heterocycles. The molecule has 0 saturated heterocycles. The molecule has 0 aliphatic heterocycles. The van der Waals surface area contributed by atoms with Gasteiger partial charge in [0.25, 0.3) is 5.91 Å². The number of nitrogens with one attached hydrogen (secondary N) is 2. The van der Waals surface area contributed by atoms with Crippen LogP contribution >= 0.6 is 23.2 Å². The minimum absolute atomic E-state index is 0.120. The fourth-order valence-electron chi connectivity index (χ4n) is 3.20. The first kappa shape index (κ1) is 24.6. The van der Waals surface area contributed by atoms with Gasteiger partial charge in [-0.2, -0.15) is 0 Å². The van der Waals surface area contributed by atoms with Crippen molar-refractivity contribution in [1.29, 1.82) is 0 Å². The van der Waals surface area contributed by atoms with Crippen molar-refractivity contribution in [2.75, 3.05) is 31.3 Å². The number of halogens is 2. The summed E-state index contributed by atoms with van der Waals surface area (Å²) >= 11 is 12.3. The van der Waals surface area contributed by atoms with Gasteiger partial charge < -0.3 is 20.3 Å². The third-order valence-electron chi connectivity index (χ3n) is 4.98. The van der Waals surface area contributed by atoms with Crippen LogP contribution in [0.2, 0.25) is 10.0 Å². The Hall–Kier alpha value is -3.06. The van der Waals surface area contributed by atoms with Gasteiger partial charge in [-0.05, 0) is 55.1 Å². The first-order valence-electron chi connectivity index (χ1n) is 10.3. The molecule has 3 aromatic carbocycles. The van der Waals surface area contributed by atoms with Crippen molar-refractivity contribution in [2.24, 2.45) is 0 Å². The second-order valence-electron chi connectivity index (χ2n) is 7.48. The molecule has 0 fully saturated rings. The zero-order chi connectivity index (χ0) is 23.8. The fourth-order valence-corrected chi connectivity index (χ4v) is 3.58. The normalized spacial score (nSPS) is 10.7. The van der Waals surface area contributed by atoms with Crippen LogP contribution in [0.4, 0.5) is 11.4 Å². The minimum atomic E-state index is -0.265. The van der Waals surface area contributed by atoms with Gasteiger partial charge in [-0.3, -0.25) is 9.59 Å². The summed E-state index contributed by atoms with van der Waals surface area (Å²) in [6.45, 7) is 1.14. The van der Waals surface area contributed by atoms with Gasteiger partial charge >= 0.3 is 0 Å². The summed E-state index contributed by atoms with van der Waals surface area (Å²) in [5.41, 5.74) is 2.59. The molecule has 33 heavy (non-hydrogen) atoms. The molecule has 0 saturated carbocycles. The van der Waals surface area contributed by atoms with E-state index in [1.54, 1.807) is 49.6 Å². The Bertz CT molecular complexity index is 1120. The molecule has 6 nitrogen and oxygen atoms in total. The topological polar surface area (TPSA) is 70.7 Å². The summed E-state index contributed by atoms with van der Waals surface area (Å²) in [6, 6.07) is 19.4. The average molecular weight is 486 g/mol. The third-order valence-corrected chi connectivity index (χ3v) is 5.84. The summed E-state index contributed by atoms with van der Waals surface area (Å²) < 4.78 is 5.25. The van der Waals surface area contributed by atoms with Crippen molar-refractivity contribution < 1.29 is 14.3 Å². The number of nitrogens with zero attached hydrogens (tertiary/aromatic N) is 1. The molecule has 3 aromatic rings. The van der Waals surface area contributed by atoms with E-state index in [0.717, 1.165) is 5.56 Å². The number of methoxy groups -OCH3 is 1. The van der Waals surface area contributed by atoms with E-state index in [9.17, 15) is 9.59 Å². The molecule has 0 spiro atoms. The highest BCUT2D eigenvalue weighted by Crippen LogP contribution is 2.26. The van der Waals surface area contributed by atoms with E-state index in [0.29, 0.717) is 52.2 Å². The summed E-state index contributed by atoms with van der Waals surface area (Å²) in [4.78, 5) is 26.9. The van der Waals surface area contributed by atoms with E-state index in [2.05, 4.69) is 10.6 Å². The quantitative estimate of drug-likeness (QED) is 0.406. The van der Waals surface area contributed by atoms with Gasteiger partial charge in [-0.1, -0.05) is 47.5 Å². The Balaban J connectivity index is 1.49. The largest absolute Gasteiger partial charge is 0.495 e. The minimum Gasteiger partial charge on any atom is -0.495 e. The van der Waals surface area contributed by atoms with Crippen LogP contribution in [0.3, 0.4) is 0 Å². The van der Waals surface area contributed by atoms with Crippen LogP contribution in [-0.4, -0.2) is 37.4 Å². The van der Waals surface area contributed by atoms with Crippen LogP contribution < -0.4 is 15.4 Å². The summed E-state index contributed by atoms with van der Waals surface area (Å²) in [5, 5.41) is 6.72. The molecule has 0 aromatic heterocycles. The zero-order valence-electron chi connectivity index (χ0n) is 18.4. The van der Waals surface area contributed by atoms with Crippen LogP contribution in [0.15, 0.2) is 66.7 Å². The second-order valence-corrected chi connectivity index (χ2v) is 8.27. The van der Waals surface area contributed by atoms with Gasteiger partial charge in [-0.25, -0.2) is 0 Å². The molecule has 172 valence electrons. The van der Waals surface area contributed by atoms with E-state index in [4.69, 9.17) is 27.9 Å². The van der Waals surface area contributed by atoms with Crippen LogP contribution in [-0.2, 0) is 11.3 Å². The van der Waals surface area contributed by atoms with Gasteiger partial charge in [0.1, 0.15) is 5.75 Å². The lowest BCUT2D eigenvalue weighted by atomic mass is 10.1. The number of carbonyl (C=O) groups excluding carboxylic acids is 2. The first-order valence-corrected chi connectivity index (χ1v) is 11.1. The number of rotatable bonds is 9. The SMILES string of the molecule is COc1ccccc1NC(=O)c1ccc(NC(=O)CCN(C)Cc2cccc(Cl)c2Cl)cc1. The number of hydrogen-bond donors (Lipinski definition) is 2. The molecule has 0 atom stereocenters. The summed E-state index contributed by atoms with van der Waals surface area (Å²) in [7, 11) is 3.46. The highest BCUT2D eigenvalue weighted by molar-refractivity contribution is 6.42. The molecule has 0 unspecified atom stereocenters. The van der Waals surface area contributed by atoms with Crippen LogP contribution in [0.5, 0.6) is 5.75 Å². The molecule has 0 aliphatic carbocycles. The number of hydrogen-bond acceptors (Lipinski definition) is 4. The van der Waals surface area contributed by atoms with Gasteiger partial charge in [0, 0.05) is 30.8 Å². The first-order chi connectivity index (χ1) is 15.9. The molecule has 2 amide bonds. The maximum atomic E-state index is 12.5. The molecule has 0 radical (unpaired) electrons. The summed E-state index contributed by atoms with van der Waals surface area (Å²) in [6.07, 6.45) is 0.310. The number of amides is 2. The van der Waals surface area contributed by atoms with E-state index >= 15 is 0 Å². The fraction of sp³-hybridized carbons (Fsp3) is 0.200. The smallest absolute Gasteiger partial charge is 0.255 e. The number of anilines is 2. The molecule has 3 rings (SSSR count). The van der Waals surface area contributed by atoms with Gasteiger partial charge in [0.15, 0.2) is 0 Å². The van der Waals surface area contributed by atoms with E-state index in [-0.39, 0.29) is 11.8 Å². The molecular weight excluding hydrogens is 461 g/mol. The lowest BCUT2D eigenvalue weighted by Gasteiger charge is -2.17. The molecule has 2 N–H and O–H groups in total. The Morgan fingerprint density at radius 3 is 2.39 bits per heavy atom. The van der Waals surface area contributed by atoms with E-state index in [1.807, 2.05) is 36.2 Å². The lowest BCUT2D eigenvalue weighted by molar-refractivity contribution is -0.116. The summed E-state index contributed by atoms with van der Waals surface area (Å²) in [5.74, 6) is 0.196. The maximum Gasteiger partial charge on any atom is 0.255 e. The predicted octanol–water partition coefficient (Wildman–Crippen LogP) is 5.71. The van der Waals surface area contributed by atoms with Gasteiger partial charge in [0.2, 0.25) is 5.91 Å². The van der Waals surface area contributed by atoms with Gasteiger partial charge in [-0.15, -0.1) is 0 Å². The monoisotopic (exact) mass is 485 g/mol. The Morgan fingerprint density at radius 1 is 0.939 bits per heavy atom. The lowest BCUT2D eigenvalue weighted by Crippen LogP contribution is -2.24. The Morgan fingerprint density at radius 2 is 1.67 bits per heavy atom. The van der Waals surface area contributed by atoms with Crippen molar-refractivity contribution >= 4 is 46.4 Å². The number of carbonyl (C=O) groups is 2. The van der Waals surface area contributed by atoms with E-state index in [1.165, 1.54) is 0 Å². The second kappa shape index (κ2) is 11.7. The number of benzene rings is 3. The average Bonchev–Trinajstić information content (AvgIpc) is 2.81. The Kier molecular flexibility index (Phi) is 8.72.